The van der Waals surface area contributed by atoms with Gasteiger partial charge in [-0.25, -0.2) is 0 Å². The Hall–Kier alpha value is -1.27. The van der Waals surface area contributed by atoms with Crippen LogP contribution in [0.3, 0.4) is 0 Å². The molecule has 1 aromatic heterocycles. The molecular formula is C14H22N4OS. The number of hydrogen-bond donors (Lipinski definition) is 2. The molecule has 0 saturated carbocycles. The molecule has 1 aliphatic heterocycles. The summed E-state index contributed by atoms with van der Waals surface area (Å²) in [5.74, 6) is 0.689. The van der Waals surface area contributed by atoms with Crippen LogP contribution in [0.15, 0.2) is 0 Å². The normalized spacial score (nSPS) is 21.9. The molecule has 1 fully saturated rings. The summed E-state index contributed by atoms with van der Waals surface area (Å²) in [4.78, 5) is 0.375. The third-order valence-electron chi connectivity index (χ3n) is 3.79. The number of anilines is 1. The number of nitrogens with zero attached hydrogens (tertiary/aromatic N) is 2. The van der Waals surface area contributed by atoms with E-state index in [2.05, 4.69) is 36.3 Å². The van der Waals surface area contributed by atoms with Crippen LogP contribution in [0.1, 0.15) is 44.0 Å². The van der Waals surface area contributed by atoms with E-state index >= 15 is 0 Å². The molecule has 5 nitrogen and oxygen atoms in total. The van der Waals surface area contributed by atoms with Crippen molar-refractivity contribution in [1.82, 2.24) is 10.2 Å². The Balaban J connectivity index is 2.39. The minimum atomic E-state index is 0.159. The molecule has 2 atom stereocenters. The third kappa shape index (κ3) is 2.91. The Bertz CT molecular complexity index is 506. The molecule has 2 rings (SSSR count). The molecule has 1 saturated heterocycles. The van der Waals surface area contributed by atoms with Crippen LogP contribution in [0.2, 0.25) is 0 Å². The minimum absolute atomic E-state index is 0.159. The van der Waals surface area contributed by atoms with Crippen molar-refractivity contribution in [3.05, 3.63) is 16.8 Å². The fourth-order valence-electron chi connectivity index (χ4n) is 2.64. The van der Waals surface area contributed by atoms with Crippen LogP contribution >= 0.6 is 12.2 Å². The van der Waals surface area contributed by atoms with E-state index in [1.807, 2.05) is 0 Å². The lowest BCUT2D eigenvalue weighted by molar-refractivity contribution is 0.121. The largest absolute Gasteiger partial charge is 0.389 e. The molecule has 1 aliphatic rings. The molecule has 0 radical (unpaired) electrons. The number of nitrogens with two attached hydrogens (primary N) is 1. The standard InChI is InChI=1S/C14H22N4OS/c1-4-9-10(5-2)17-18-14(12(9)13(15)20)16-11-6-7-19-8(11)3/h8,11H,4-7H2,1-3H3,(H2,15,20)(H,16,18). The second kappa shape index (κ2) is 6.45. The smallest absolute Gasteiger partial charge is 0.159 e. The van der Waals surface area contributed by atoms with Crippen LogP contribution in [0, 0.1) is 0 Å². The maximum atomic E-state index is 5.92. The Morgan fingerprint density at radius 3 is 2.65 bits per heavy atom. The highest BCUT2D eigenvalue weighted by Crippen LogP contribution is 2.24. The number of nitrogens with one attached hydrogen (secondary N) is 1. The molecule has 0 amide bonds. The highest BCUT2D eigenvalue weighted by molar-refractivity contribution is 7.80. The third-order valence-corrected chi connectivity index (χ3v) is 3.99. The Kier molecular flexibility index (Phi) is 4.88. The minimum Gasteiger partial charge on any atom is -0.389 e. The van der Waals surface area contributed by atoms with Crippen molar-refractivity contribution >= 4 is 23.0 Å². The van der Waals surface area contributed by atoms with Gasteiger partial charge in [0, 0.05) is 6.61 Å². The van der Waals surface area contributed by atoms with E-state index in [4.69, 9.17) is 22.7 Å². The van der Waals surface area contributed by atoms with E-state index in [1.54, 1.807) is 0 Å². The van der Waals surface area contributed by atoms with Crippen molar-refractivity contribution < 1.29 is 4.74 Å². The van der Waals surface area contributed by atoms with E-state index in [9.17, 15) is 0 Å². The van der Waals surface area contributed by atoms with Crippen molar-refractivity contribution in [2.45, 2.75) is 52.2 Å². The first kappa shape index (κ1) is 15.1. The van der Waals surface area contributed by atoms with Crippen LogP contribution < -0.4 is 11.1 Å². The summed E-state index contributed by atoms with van der Waals surface area (Å²) < 4.78 is 5.56. The van der Waals surface area contributed by atoms with Crippen molar-refractivity contribution in [3.63, 3.8) is 0 Å². The fraction of sp³-hybridized carbons (Fsp3) is 0.643. The zero-order valence-electron chi connectivity index (χ0n) is 12.3. The lowest BCUT2D eigenvalue weighted by Crippen LogP contribution is -2.30. The number of aryl methyl sites for hydroxylation is 1. The van der Waals surface area contributed by atoms with E-state index in [0.717, 1.165) is 42.7 Å². The van der Waals surface area contributed by atoms with Crippen molar-refractivity contribution in [3.8, 4) is 0 Å². The molecule has 6 heteroatoms. The summed E-state index contributed by atoms with van der Waals surface area (Å²) >= 11 is 5.22. The number of thiocarbonyl (C=S) groups is 1. The first-order valence-corrected chi connectivity index (χ1v) is 7.55. The van der Waals surface area contributed by atoms with E-state index in [1.165, 1.54) is 0 Å². The number of aromatic nitrogens is 2. The molecule has 1 aromatic rings. The van der Waals surface area contributed by atoms with Gasteiger partial charge >= 0.3 is 0 Å². The second-order valence-corrected chi connectivity index (χ2v) is 5.48. The molecule has 0 spiro atoms. The van der Waals surface area contributed by atoms with E-state index in [-0.39, 0.29) is 12.1 Å². The maximum absolute atomic E-state index is 5.92. The predicted molar refractivity (Wildman–Crippen MR) is 84.1 cm³/mol. The first-order chi connectivity index (χ1) is 9.58. The fourth-order valence-corrected chi connectivity index (χ4v) is 2.86. The molecule has 20 heavy (non-hydrogen) atoms. The quantitative estimate of drug-likeness (QED) is 0.807. The average molecular weight is 294 g/mol. The predicted octanol–water partition coefficient (Wildman–Crippen LogP) is 1.82. The van der Waals surface area contributed by atoms with Crippen LogP contribution in [-0.4, -0.2) is 33.9 Å². The van der Waals surface area contributed by atoms with E-state index < -0.39 is 0 Å². The van der Waals surface area contributed by atoms with Gasteiger partial charge in [0.15, 0.2) is 5.82 Å². The van der Waals surface area contributed by atoms with Gasteiger partial charge in [-0.2, -0.15) is 5.10 Å². The van der Waals surface area contributed by atoms with E-state index in [0.29, 0.717) is 10.8 Å². The molecule has 2 unspecified atom stereocenters. The molecule has 0 aliphatic carbocycles. The van der Waals surface area contributed by atoms with Gasteiger partial charge in [0.2, 0.25) is 0 Å². The van der Waals surface area contributed by atoms with Gasteiger partial charge in [-0.15, -0.1) is 5.10 Å². The SMILES string of the molecule is CCc1nnc(NC2CCOC2C)c(C(N)=S)c1CC. The first-order valence-electron chi connectivity index (χ1n) is 7.14. The topological polar surface area (TPSA) is 73.1 Å². The highest BCUT2D eigenvalue weighted by Gasteiger charge is 2.26. The summed E-state index contributed by atoms with van der Waals surface area (Å²) in [6.07, 6.45) is 2.79. The van der Waals surface area contributed by atoms with Gasteiger partial charge in [0.05, 0.1) is 23.4 Å². The molecule has 0 aromatic carbocycles. The molecule has 110 valence electrons. The van der Waals surface area contributed by atoms with Crippen molar-refractivity contribution in [2.24, 2.45) is 5.73 Å². The zero-order valence-corrected chi connectivity index (χ0v) is 13.1. The van der Waals surface area contributed by atoms with Gasteiger partial charge in [0.1, 0.15) is 4.99 Å². The van der Waals surface area contributed by atoms with Gasteiger partial charge < -0.3 is 15.8 Å². The molecule has 2 heterocycles. The highest BCUT2D eigenvalue weighted by atomic mass is 32.1. The summed E-state index contributed by atoms with van der Waals surface area (Å²) in [6.45, 7) is 6.97. The van der Waals surface area contributed by atoms with Gasteiger partial charge in [-0.05, 0) is 31.7 Å². The monoisotopic (exact) mass is 294 g/mol. The van der Waals surface area contributed by atoms with Crippen LogP contribution in [0.25, 0.3) is 0 Å². The summed E-state index contributed by atoms with van der Waals surface area (Å²) in [5, 5.41) is 12.0. The Labute approximate surface area is 125 Å². The van der Waals surface area contributed by atoms with Crippen molar-refractivity contribution in [1.29, 1.82) is 0 Å². The maximum Gasteiger partial charge on any atom is 0.159 e. The van der Waals surface area contributed by atoms with Crippen LogP contribution in [-0.2, 0) is 17.6 Å². The molecular weight excluding hydrogens is 272 g/mol. The Morgan fingerprint density at radius 1 is 1.40 bits per heavy atom. The summed E-state index contributed by atoms with van der Waals surface area (Å²) in [7, 11) is 0. The summed E-state index contributed by atoms with van der Waals surface area (Å²) in [6, 6.07) is 0.231. The van der Waals surface area contributed by atoms with Crippen LogP contribution in [0.5, 0.6) is 0 Å². The summed E-state index contributed by atoms with van der Waals surface area (Å²) in [5.41, 5.74) is 8.83. The molecule has 3 N–H and O–H groups in total. The van der Waals surface area contributed by atoms with Gasteiger partial charge in [-0.1, -0.05) is 26.1 Å². The lowest BCUT2D eigenvalue weighted by Gasteiger charge is -2.20. The lowest BCUT2D eigenvalue weighted by atomic mass is 10.0. The number of rotatable bonds is 5. The van der Waals surface area contributed by atoms with Crippen LogP contribution in [0.4, 0.5) is 5.82 Å². The second-order valence-electron chi connectivity index (χ2n) is 5.04. The van der Waals surface area contributed by atoms with Gasteiger partial charge in [0.25, 0.3) is 0 Å². The van der Waals surface area contributed by atoms with Gasteiger partial charge in [-0.3, -0.25) is 0 Å². The Morgan fingerprint density at radius 2 is 2.15 bits per heavy atom. The molecule has 0 bridgehead atoms. The van der Waals surface area contributed by atoms with Crippen molar-refractivity contribution in [2.75, 3.05) is 11.9 Å². The number of ether oxygens (including phenoxy) is 1. The average Bonchev–Trinajstić information content (AvgIpc) is 2.83. The number of hydrogen-bond acceptors (Lipinski definition) is 5. The zero-order chi connectivity index (χ0) is 14.7.